The monoisotopic (exact) mass is 461 g/mol. The van der Waals surface area contributed by atoms with Crippen LogP contribution in [0.3, 0.4) is 0 Å². The molecule has 3 N–H and O–H groups in total. The lowest BCUT2D eigenvalue weighted by Crippen LogP contribution is -2.33. The summed E-state index contributed by atoms with van der Waals surface area (Å²) < 4.78 is 5.92. The number of nitrogens with one attached hydrogen (secondary N) is 3. The number of aromatic nitrogens is 2. The fourth-order valence-electron chi connectivity index (χ4n) is 4.43. The summed E-state index contributed by atoms with van der Waals surface area (Å²) in [5.74, 6) is 0.516. The Morgan fingerprint density at radius 1 is 0.971 bits per heavy atom. The predicted octanol–water partition coefficient (Wildman–Crippen LogP) is 6.23. The molecule has 0 atom stereocenters. The van der Waals surface area contributed by atoms with Crippen LogP contribution in [-0.4, -0.2) is 22.8 Å². The first-order valence-electron chi connectivity index (χ1n) is 12.0. The lowest BCUT2D eigenvalue weighted by Gasteiger charge is -2.41. The minimum Gasteiger partial charge on any atom is -0.403 e. The van der Waals surface area contributed by atoms with Crippen molar-refractivity contribution in [2.24, 2.45) is 0 Å². The molecule has 0 aliphatic heterocycles. The van der Waals surface area contributed by atoms with Crippen molar-refractivity contribution in [1.82, 2.24) is 15.5 Å². The Bertz CT molecular complexity index is 1150. The van der Waals surface area contributed by atoms with E-state index in [2.05, 4.69) is 72.0 Å². The molecule has 180 valence electrons. The van der Waals surface area contributed by atoms with E-state index in [1.165, 1.54) is 17.5 Å². The summed E-state index contributed by atoms with van der Waals surface area (Å²) in [6.07, 6.45) is 3.24. The molecule has 2 amide bonds. The number of fused-ring (bicyclic) bond motifs is 1. The molecule has 0 saturated carbocycles. The second kappa shape index (κ2) is 9.49. The average molecular weight is 462 g/mol. The number of hydrogen-bond donors (Lipinski definition) is 3. The van der Waals surface area contributed by atoms with Crippen LogP contribution in [0.5, 0.6) is 0 Å². The van der Waals surface area contributed by atoms with Crippen molar-refractivity contribution in [3.63, 3.8) is 0 Å². The SMILES string of the molecule is CCCNC(=O)Nc1ccc(CNc2nnc(-c3ccc4c(c3)C(C)(C)CCC4(C)C)o2)cc1. The molecule has 0 bridgehead atoms. The minimum atomic E-state index is -0.194. The van der Waals surface area contributed by atoms with Gasteiger partial charge in [0.15, 0.2) is 0 Å². The third-order valence-electron chi connectivity index (χ3n) is 6.72. The van der Waals surface area contributed by atoms with Gasteiger partial charge < -0.3 is 20.4 Å². The summed E-state index contributed by atoms with van der Waals surface area (Å²) >= 11 is 0. The lowest BCUT2D eigenvalue weighted by molar-refractivity contribution is 0.252. The maximum absolute atomic E-state index is 11.8. The molecule has 0 radical (unpaired) electrons. The van der Waals surface area contributed by atoms with Crippen molar-refractivity contribution in [3.8, 4) is 11.5 Å². The highest BCUT2D eigenvalue weighted by atomic mass is 16.4. The van der Waals surface area contributed by atoms with Crippen LogP contribution in [0.4, 0.5) is 16.5 Å². The van der Waals surface area contributed by atoms with Crippen molar-refractivity contribution in [3.05, 3.63) is 59.2 Å². The summed E-state index contributed by atoms with van der Waals surface area (Å²) in [5.41, 5.74) is 5.81. The zero-order valence-electron chi connectivity index (χ0n) is 20.8. The van der Waals surface area contributed by atoms with E-state index >= 15 is 0 Å². The van der Waals surface area contributed by atoms with Crippen LogP contribution in [0.2, 0.25) is 0 Å². The average Bonchev–Trinajstić information content (AvgIpc) is 3.29. The molecule has 1 aliphatic carbocycles. The summed E-state index contributed by atoms with van der Waals surface area (Å²) in [6, 6.07) is 14.4. The standard InChI is InChI=1S/C27H35N5O2/c1-6-15-28-24(33)30-20-10-7-18(8-11-20)17-29-25-32-31-23(34-25)19-9-12-21-22(16-19)27(4,5)14-13-26(21,2)3/h7-12,16H,6,13-15,17H2,1-5H3,(H,29,32)(H2,28,30,33). The van der Waals surface area contributed by atoms with Crippen molar-refractivity contribution in [2.75, 3.05) is 17.2 Å². The largest absolute Gasteiger partial charge is 0.403 e. The molecule has 7 heteroatoms. The number of hydrogen-bond acceptors (Lipinski definition) is 5. The van der Waals surface area contributed by atoms with E-state index in [-0.39, 0.29) is 16.9 Å². The number of benzene rings is 2. The first-order valence-corrected chi connectivity index (χ1v) is 12.0. The van der Waals surface area contributed by atoms with Crippen LogP contribution in [0, 0.1) is 0 Å². The van der Waals surface area contributed by atoms with Gasteiger partial charge in [-0.3, -0.25) is 0 Å². The van der Waals surface area contributed by atoms with E-state index in [4.69, 9.17) is 4.42 Å². The molecular formula is C27H35N5O2. The lowest BCUT2D eigenvalue weighted by atomic mass is 9.63. The third-order valence-corrected chi connectivity index (χ3v) is 6.72. The summed E-state index contributed by atoms with van der Waals surface area (Å²) in [7, 11) is 0. The van der Waals surface area contributed by atoms with Gasteiger partial charge in [-0.1, -0.05) is 57.9 Å². The van der Waals surface area contributed by atoms with Gasteiger partial charge in [0, 0.05) is 24.3 Å². The molecule has 0 fully saturated rings. The van der Waals surface area contributed by atoms with Crippen LogP contribution >= 0.6 is 0 Å². The normalized spacial score (nSPS) is 15.9. The quantitative estimate of drug-likeness (QED) is 0.388. The molecule has 3 aromatic rings. The highest BCUT2D eigenvalue weighted by molar-refractivity contribution is 5.89. The minimum absolute atomic E-state index is 0.125. The molecule has 0 unspecified atom stereocenters. The summed E-state index contributed by atoms with van der Waals surface area (Å²) in [5, 5.41) is 17.3. The topological polar surface area (TPSA) is 92.1 Å². The van der Waals surface area contributed by atoms with E-state index in [1.807, 2.05) is 31.2 Å². The van der Waals surface area contributed by atoms with Crippen LogP contribution in [0.1, 0.15) is 70.6 Å². The van der Waals surface area contributed by atoms with Crippen LogP contribution in [-0.2, 0) is 17.4 Å². The van der Waals surface area contributed by atoms with Gasteiger partial charge in [-0.15, -0.1) is 5.10 Å². The number of nitrogens with zero attached hydrogens (tertiary/aromatic N) is 2. The van der Waals surface area contributed by atoms with Crippen molar-refractivity contribution in [2.45, 2.75) is 71.3 Å². The maximum atomic E-state index is 11.8. The number of amides is 2. The number of rotatable bonds is 7. The molecule has 1 aromatic heterocycles. The Hall–Kier alpha value is -3.35. The van der Waals surface area contributed by atoms with Crippen molar-refractivity contribution < 1.29 is 9.21 Å². The van der Waals surface area contributed by atoms with Gasteiger partial charge in [-0.05, 0) is 71.0 Å². The van der Waals surface area contributed by atoms with E-state index in [1.54, 1.807) is 0 Å². The second-order valence-corrected chi connectivity index (χ2v) is 10.4. The molecule has 1 aliphatic rings. The molecule has 0 saturated heterocycles. The molecule has 1 heterocycles. The Kier molecular flexibility index (Phi) is 6.64. The van der Waals surface area contributed by atoms with E-state index in [9.17, 15) is 4.79 Å². The van der Waals surface area contributed by atoms with Gasteiger partial charge >= 0.3 is 12.0 Å². The van der Waals surface area contributed by atoms with Gasteiger partial charge in [0.25, 0.3) is 0 Å². The Labute approximate surface area is 201 Å². The molecule has 7 nitrogen and oxygen atoms in total. The zero-order chi connectivity index (χ0) is 24.3. The molecule has 2 aromatic carbocycles. The fraction of sp³-hybridized carbons (Fsp3) is 0.444. The zero-order valence-corrected chi connectivity index (χ0v) is 20.8. The first-order chi connectivity index (χ1) is 16.2. The molecular weight excluding hydrogens is 426 g/mol. The second-order valence-electron chi connectivity index (χ2n) is 10.4. The van der Waals surface area contributed by atoms with E-state index in [0.717, 1.165) is 29.7 Å². The van der Waals surface area contributed by atoms with Gasteiger partial charge in [-0.25, -0.2) is 4.79 Å². The van der Waals surface area contributed by atoms with E-state index in [0.29, 0.717) is 25.0 Å². The fourth-order valence-corrected chi connectivity index (χ4v) is 4.43. The van der Waals surface area contributed by atoms with Gasteiger partial charge in [0.05, 0.1) is 0 Å². The number of carbonyl (C=O) groups excluding carboxylic acids is 1. The van der Waals surface area contributed by atoms with Crippen LogP contribution < -0.4 is 16.0 Å². The third kappa shape index (κ3) is 5.24. The molecule has 4 rings (SSSR count). The Morgan fingerprint density at radius 3 is 2.38 bits per heavy atom. The maximum Gasteiger partial charge on any atom is 0.319 e. The van der Waals surface area contributed by atoms with Crippen LogP contribution in [0.25, 0.3) is 11.5 Å². The van der Waals surface area contributed by atoms with Crippen LogP contribution in [0.15, 0.2) is 46.9 Å². The number of carbonyl (C=O) groups is 1. The Morgan fingerprint density at radius 2 is 1.68 bits per heavy atom. The van der Waals surface area contributed by atoms with Crippen molar-refractivity contribution in [1.29, 1.82) is 0 Å². The highest BCUT2D eigenvalue weighted by Crippen LogP contribution is 2.46. The van der Waals surface area contributed by atoms with Crippen molar-refractivity contribution >= 4 is 17.7 Å². The highest BCUT2D eigenvalue weighted by Gasteiger charge is 2.37. The summed E-state index contributed by atoms with van der Waals surface area (Å²) in [6.45, 7) is 12.5. The van der Waals surface area contributed by atoms with E-state index < -0.39 is 0 Å². The van der Waals surface area contributed by atoms with Gasteiger partial charge in [-0.2, -0.15) is 0 Å². The first kappa shape index (κ1) is 23.8. The predicted molar refractivity (Wildman–Crippen MR) is 136 cm³/mol. The smallest absolute Gasteiger partial charge is 0.319 e. The number of anilines is 2. The Balaban J connectivity index is 1.40. The number of urea groups is 1. The molecule has 0 spiro atoms. The summed E-state index contributed by atoms with van der Waals surface area (Å²) in [4.78, 5) is 11.8. The van der Waals surface area contributed by atoms with Gasteiger partial charge in [0.2, 0.25) is 5.89 Å². The molecule has 34 heavy (non-hydrogen) atoms. The van der Waals surface area contributed by atoms with Gasteiger partial charge in [0.1, 0.15) is 0 Å².